The molecule has 0 aliphatic rings. The van der Waals surface area contributed by atoms with Crippen molar-refractivity contribution in [2.45, 2.75) is 19.4 Å². The molecule has 0 radical (unpaired) electrons. The van der Waals surface area contributed by atoms with Crippen LogP contribution in [0.5, 0.6) is 0 Å². The van der Waals surface area contributed by atoms with Gasteiger partial charge in [0.15, 0.2) is 0 Å². The first-order valence-electron chi connectivity index (χ1n) is 5.81. The van der Waals surface area contributed by atoms with Crippen LogP contribution in [0.4, 0.5) is 4.39 Å². The molecule has 1 aromatic carbocycles. The molecule has 0 amide bonds. The molecule has 0 aliphatic carbocycles. The summed E-state index contributed by atoms with van der Waals surface area (Å²) in [7, 11) is 1.87. The minimum atomic E-state index is -0.230. The third-order valence-electron chi connectivity index (χ3n) is 2.96. The number of hydrogen-bond acceptors (Lipinski definition) is 3. The van der Waals surface area contributed by atoms with E-state index in [4.69, 9.17) is 5.84 Å². The standard InChI is InChI=1S/C13H17FN4/c1-9-12(8-18(2)17-9)13(16-15)7-10-4-3-5-11(14)6-10/h3-6,8,13,16H,7,15H2,1-2H3. The number of nitrogens with two attached hydrogens (primary N) is 1. The molecule has 0 saturated carbocycles. The van der Waals surface area contributed by atoms with Gasteiger partial charge in [0.1, 0.15) is 5.82 Å². The van der Waals surface area contributed by atoms with Crippen LogP contribution in [0.1, 0.15) is 22.9 Å². The Morgan fingerprint density at radius 1 is 1.50 bits per heavy atom. The summed E-state index contributed by atoms with van der Waals surface area (Å²) >= 11 is 0. The molecule has 1 unspecified atom stereocenters. The van der Waals surface area contributed by atoms with Gasteiger partial charge in [0.25, 0.3) is 0 Å². The minimum Gasteiger partial charge on any atom is -0.275 e. The van der Waals surface area contributed by atoms with Crippen LogP contribution in [0, 0.1) is 12.7 Å². The number of hydrazine groups is 1. The van der Waals surface area contributed by atoms with Crippen LogP contribution in [0.2, 0.25) is 0 Å². The summed E-state index contributed by atoms with van der Waals surface area (Å²) in [6, 6.07) is 6.48. The topological polar surface area (TPSA) is 55.9 Å². The lowest BCUT2D eigenvalue weighted by molar-refractivity contribution is 0.546. The van der Waals surface area contributed by atoms with Gasteiger partial charge < -0.3 is 0 Å². The van der Waals surface area contributed by atoms with E-state index in [1.165, 1.54) is 12.1 Å². The Morgan fingerprint density at radius 2 is 2.28 bits per heavy atom. The minimum absolute atomic E-state index is 0.0690. The van der Waals surface area contributed by atoms with E-state index in [0.717, 1.165) is 16.8 Å². The SMILES string of the molecule is Cc1nn(C)cc1C(Cc1cccc(F)c1)NN. The van der Waals surface area contributed by atoms with E-state index in [-0.39, 0.29) is 11.9 Å². The number of benzene rings is 1. The number of rotatable bonds is 4. The molecule has 0 saturated heterocycles. The van der Waals surface area contributed by atoms with Crippen molar-refractivity contribution >= 4 is 0 Å². The second kappa shape index (κ2) is 5.29. The van der Waals surface area contributed by atoms with E-state index in [0.29, 0.717) is 6.42 Å². The summed E-state index contributed by atoms with van der Waals surface area (Å²) in [5, 5.41) is 4.29. The van der Waals surface area contributed by atoms with Crippen molar-refractivity contribution in [3.8, 4) is 0 Å². The van der Waals surface area contributed by atoms with Gasteiger partial charge in [-0.25, -0.2) is 4.39 Å². The molecule has 0 spiro atoms. The normalized spacial score (nSPS) is 12.7. The molecule has 2 aromatic rings. The van der Waals surface area contributed by atoms with E-state index in [9.17, 15) is 4.39 Å². The molecule has 4 nitrogen and oxygen atoms in total. The smallest absolute Gasteiger partial charge is 0.123 e. The molecule has 1 heterocycles. The van der Waals surface area contributed by atoms with Gasteiger partial charge in [-0.05, 0) is 31.0 Å². The largest absolute Gasteiger partial charge is 0.275 e. The van der Waals surface area contributed by atoms with Gasteiger partial charge in [-0.1, -0.05) is 12.1 Å². The van der Waals surface area contributed by atoms with Gasteiger partial charge in [0.05, 0.1) is 11.7 Å². The molecule has 3 N–H and O–H groups in total. The zero-order chi connectivity index (χ0) is 13.1. The van der Waals surface area contributed by atoms with E-state index in [1.54, 1.807) is 10.7 Å². The highest BCUT2D eigenvalue weighted by Gasteiger charge is 2.15. The predicted molar refractivity (Wildman–Crippen MR) is 68.1 cm³/mol. The predicted octanol–water partition coefficient (Wildman–Crippen LogP) is 1.61. The van der Waals surface area contributed by atoms with Crippen molar-refractivity contribution in [1.82, 2.24) is 15.2 Å². The summed E-state index contributed by atoms with van der Waals surface area (Å²) in [5.74, 6) is 5.36. The summed E-state index contributed by atoms with van der Waals surface area (Å²) in [4.78, 5) is 0. The average Bonchev–Trinajstić information content (AvgIpc) is 2.65. The lowest BCUT2D eigenvalue weighted by Crippen LogP contribution is -2.29. The van der Waals surface area contributed by atoms with Gasteiger partial charge in [-0.2, -0.15) is 5.10 Å². The van der Waals surface area contributed by atoms with Crippen LogP contribution < -0.4 is 11.3 Å². The number of aryl methyl sites for hydroxylation is 2. The first-order chi connectivity index (χ1) is 8.60. The zero-order valence-electron chi connectivity index (χ0n) is 10.5. The highest BCUT2D eigenvalue weighted by atomic mass is 19.1. The second-order valence-electron chi connectivity index (χ2n) is 4.40. The Labute approximate surface area is 106 Å². The molecular formula is C13H17FN4. The summed E-state index contributed by atoms with van der Waals surface area (Å²) in [6.07, 6.45) is 2.56. The molecule has 2 rings (SSSR count). The van der Waals surface area contributed by atoms with Crippen molar-refractivity contribution < 1.29 is 4.39 Å². The van der Waals surface area contributed by atoms with Gasteiger partial charge >= 0.3 is 0 Å². The molecular weight excluding hydrogens is 231 g/mol. The number of halogens is 1. The van der Waals surface area contributed by atoms with Crippen molar-refractivity contribution in [3.05, 3.63) is 53.1 Å². The first kappa shape index (κ1) is 12.7. The Morgan fingerprint density at radius 3 is 2.83 bits per heavy atom. The van der Waals surface area contributed by atoms with Crippen LogP contribution in [0.3, 0.4) is 0 Å². The Hall–Kier alpha value is -1.72. The number of aromatic nitrogens is 2. The van der Waals surface area contributed by atoms with Crippen LogP contribution >= 0.6 is 0 Å². The maximum absolute atomic E-state index is 13.1. The quantitative estimate of drug-likeness (QED) is 0.638. The van der Waals surface area contributed by atoms with Gasteiger partial charge in [0, 0.05) is 18.8 Å². The fourth-order valence-electron chi connectivity index (χ4n) is 2.12. The molecule has 0 fully saturated rings. The first-order valence-corrected chi connectivity index (χ1v) is 5.81. The Bertz CT molecular complexity index is 536. The van der Waals surface area contributed by atoms with E-state index < -0.39 is 0 Å². The van der Waals surface area contributed by atoms with Crippen LogP contribution in [0.15, 0.2) is 30.5 Å². The maximum Gasteiger partial charge on any atom is 0.123 e. The number of nitrogens with one attached hydrogen (secondary N) is 1. The molecule has 5 heteroatoms. The summed E-state index contributed by atoms with van der Waals surface area (Å²) < 4.78 is 14.9. The van der Waals surface area contributed by atoms with Crippen molar-refractivity contribution in [2.75, 3.05) is 0 Å². The molecule has 1 atom stereocenters. The lowest BCUT2D eigenvalue weighted by Gasteiger charge is -2.15. The monoisotopic (exact) mass is 248 g/mol. The number of nitrogens with zero attached hydrogens (tertiary/aromatic N) is 2. The summed E-state index contributed by atoms with van der Waals surface area (Å²) in [5.41, 5.74) is 5.63. The fraction of sp³-hybridized carbons (Fsp3) is 0.308. The van der Waals surface area contributed by atoms with Gasteiger partial charge in [0.2, 0.25) is 0 Å². The highest BCUT2D eigenvalue weighted by Crippen LogP contribution is 2.20. The molecule has 18 heavy (non-hydrogen) atoms. The third kappa shape index (κ3) is 2.75. The molecule has 0 aliphatic heterocycles. The van der Waals surface area contributed by atoms with E-state index in [1.807, 2.05) is 26.2 Å². The lowest BCUT2D eigenvalue weighted by atomic mass is 10.00. The molecule has 96 valence electrons. The van der Waals surface area contributed by atoms with Crippen molar-refractivity contribution in [2.24, 2.45) is 12.9 Å². The van der Waals surface area contributed by atoms with Crippen LogP contribution in [-0.4, -0.2) is 9.78 Å². The van der Waals surface area contributed by atoms with E-state index >= 15 is 0 Å². The zero-order valence-corrected chi connectivity index (χ0v) is 10.5. The van der Waals surface area contributed by atoms with Crippen molar-refractivity contribution in [3.63, 3.8) is 0 Å². The average molecular weight is 248 g/mol. The van der Waals surface area contributed by atoms with Crippen molar-refractivity contribution in [1.29, 1.82) is 0 Å². The highest BCUT2D eigenvalue weighted by molar-refractivity contribution is 5.25. The van der Waals surface area contributed by atoms with Crippen LogP contribution in [-0.2, 0) is 13.5 Å². The maximum atomic E-state index is 13.1. The summed E-state index contributed by atoms with van der Waals surface area (Å²) in [6.45, 7) is 1.94. The number of hydrogen-bond donors (Lipinski definition) is 2. The van der Waals surface area contributed by atoms with Gasteiger partial charge in [-0.15, -0.1) is 0 Å². The molecule has 1 aromatic heterocycles. The van der Waals surface area contributed by atoms with Crippen LogP contribution in [0.25, 0.3) is 0 Å². The Balaban J connectivity index is 2.22. The molecule has 0 bridgehead atoms. The van der Waals surface area contributed by atoms with E-state index in [2.05, 4.69) is 10.5 Å². The third-order valence-corrected chi connectivity index (χ3v) is 2.96. The second-order valence-corrected chi connectivity index (χ2v) is 4.40. The van der Waals surface area contributed by atoms with Gasteiger partial charge in [-0.3, -0.25) is 16.0 Å². The fourth-order valence-corrected chi connectivity index (χ4v) is 2.12. The Kier molecular flexibility index (Phi) is 3.74.